The Kier molecular flexibility index (Phi) is 4.00. The van der Waals surface area contributed by atoms with E-state index in [0.717, 1.165) is 15.6 Å². The number of halogens is 1. The highest BCUT2D eigenvalue weighted by molar-refractivity contribution is 9.10. The minimum atomic E-state index is 0.192. The summed E-state index contributed by atoms with van der Waals surface area (Å²) in [5, 5.41) is 0. The third kappa shape index (κ3) is 3.16. The third-order valence-corrected chi connectivity index (χ3v) is 2.65. The molecule has 13 heavy (non-hydrogen) atoms. The number of carbonyl (C=O) groups is 1. The molecule has 0 atom stereocenters. The van der Waals surface area contributed by atoms with Gasteiger partial charge in [0.05, 0.1) is 5.75 Å². The Hall–Kier alpha value is -0.280. The summed E-state index contributed by atoms with van der Waals surface area (Å²) in [6.07, 6.45) is 1.93. The minimum Gasteiger partial charge on any atom is -0.293 e. The molecule has 3 heteroatoms. The quantitative estimate of drug-likeness (QED) is 0.775. The van der Waals surface area contributed by atoms with Crippen LogP contribution in [0.1, 0.15) is 15.9 Å². The predicted octanol–water partition coefficient (Wildman–Crippen LogP) is 3.30. The van der Waals surface area contributed by atoms with Gasteiger partial charge in [-0.2, -0.15) is 11.8 Å². The van der Waals surface area contributed by atoms with Crippen molar-refractivity contribution in [2.24, 2.45) is 0 Å². The topological polar surface area (TPSA) is 17.1 Å². The zero-order valence-electron chi connectivity index (χ0n) is 7.63. The molecule has 0 amide bonds. The number of thioether (sulfide) groups is 1. The van der Waals surface area contributed by atoms with E-state index in [1.165, 1.54) is 0 Å². The summed E-state index contributed by atoms with van der Waals surface area (Å²) in [7, 11) is 0. The van der Waals surface area contributed by atoms with Crippen molar-refractivity contribution in [2.75, 3.05) is 12.0 Å². The fraction of sp³-hybridized carbons (Fsp3) is 0.300. The minimum absolute atomic E-state index is 0.192. The zero-order chi connectivity index (χ0) is 9.84. The van der Waals surface area contributed by atoms with Crippen molar-refractivity contribution in [3.05, 3.63) is 33.8 Å². The van der Waals surface area contributed by atoms with E-state index in [9.17, 15) is 4.79 Å². The molecular weight excluding hydrogens is 248 g/mol. The Bertz CT molecular complexity index is 302. The molecule has 0 bridgehead atoms. The summed E-state index contributed by atoms with van der Waals surface area (Å²) in [6, 6.07) is 5.78. The van der Waals surface area contributed by atoms with Gasteiger partial charge in [-0.3, -0.25) is 4.79 Å². The van der Waals surface area contributed by atoms with E-state index in [1.807, 2.05) is 31.4 Å². The van der Waals surface area contributed by atoms with E-state index in [2.05, 4.69) is 15.9 Å². The SMILES string of the molecule is CSCC(=O)c1cc(C)cc(Br)c1. The second-order valence-corrected chi connectivity index (χ2v) is 4.66. The van der Waals surface area contributed by atoms with Crippen LogP contribution in [0.15, 0.2) is 22.7 Å². The summed E-state index contributed by atoms with van der Waals surface area (Å²) in [5.74, 6) is 0.743. The highest BCUT2D eigenvalue weighted by Gasteiger charge is 2.05. The van der Waals surface area contributed by atoms with Crippen molar-refractivity contribution >= 4 is 33.5 Å². The lowest BCUT2D eigenvalue weighted by Crippen LogP contribution is -2.02. The summed E-state index contributed by atoms with van der Waals surface area (Å²) >= 11 is 4.92. The van der Waals surface area contributed by atoms with Gasteiger partial charge in [0.15, 0.2) is 5.78 Å². The van der Waals surface area contributed by atoms with Gasteiger partial charge >= 0.3 is 0 Å². The number of Topliss-reactive ketones (excluding diaryl/α,β-unsaturated/α-hetero) is 1. The standard InChI is InChI=1S/C10H11BrOS/c1-7-3-8(5-9(11)4-7)10(12)6-13-2/h3-5H,6H2,1-2H3. The number of ketones is 1. The van der Waals surface area contributed by atoms with Crippen LogP contribution in [0.5, 0.6) is 0 Å². The summed E-state index contributed by atoms with van der Waals surface area (Å²) in [6.45, 7) is 1.99. The van der Waals surface area contributed by atoms with Crippen LogP contribution in [-0.4, -0.2) is 17.8 Å². The molecule has 0 saturated carbocycles. The van der Waals surface area contributed by atoms with Gasteiger partial charge in [0.1, 0.15) is 0 Å². The van der Waals surface area contributed by atoms with Crippen molar-refractivity contribution in [3.8, 4) is 0 Å². The maximum atomic E-state index is 11.5. The van der Waals surface area contributed by atoms with E-state index in [-0.39, 0.29) is 5.78 Å². The molecule has 0 aromatic heterocycles. The lowest BCUT2D eigenvalue weighted by atomic mass is 10.1. The first-order chi connectivity index (χ1) is 6.13. The fourth-order valence-electron chi connectivity index (χ4n) is 1.11. The van der Waals surface area contributed by atoms with Gasteiger partial charge in [0, 0.05) is 10.0 Å². The van der Waals surface area contributed by atoms with Crippen LogP contribution in [0.25, 0.3) is 0 Å². The van der Waals surface area contributed by atoms with Crippen LogP contribution in [0.4, 0.5) is 0 Å². The van der Waals surface area contributed by atoms with Gasteiger partial charge in [-0.1, -0.05) is 15.9 Å². The molecule has 0 unspecified atom stereocenters. The van der Waals surface area contributed by atoms with Crippen molar-refractivity contribution in [1.82, 2.24) is 0 Å². The van der Waals surface area contributed by atoms with Crippen molar-refractivity contribution in [2.45, 2.75) is 6.92 Å². The predicted molar refractivity (Wildman–Crippen MR) is 61.6 cm³/mol. The molecule has 0 fully saturated rings. The second-order valence-electron chi connectivity index (χ2n) is 2.87. The Balaban J connectivity index is 2.94. The lowest BCUT2D eigenvalue weighted by molar-refractivity contribution is 0.102. The molecule has 1 rings (SSSR count). The smallest absolute Gasteiger partial charge is 0.172 e. The molecule has 0 saturated heterocycles. The molecule has 0 aliphatic rings. The molecule has 1 aromatic rings. The number of aryl methyl sites for hydroxylation is 1. The van der Waals surface area contributed by atoms with E-state index in [4.69, 9.17) is 0 Å². The lowest BCUT2D eigenvalue weighted by Gasteiger charge is -2.01. The van der Waals surface area contributed by atoms with Gasteiger partial charge in [-0.25, -0.2) is 0 Å². The maximum Gasteiger partial charge on any atom is 0.172 e. The number of hydrogen-bond acceptors (Lipinski definition) is 2. The van der Waals surface area contributed by atoms with Gasteiger partial charge in [-0.05, 0) is 36.9 Å². The first kappa shape index (κ1) is 10.8. The molecular formula is C10H11BrOS. The Morgan fingerprint density at radius 2 is 2.15 bits per heavy atom. The number of carbonyl (C=O) groups excluding carboxylic acids is 1. The van der Waals surface area contributed by atoms with Crippen molar-refractivity contribution in [3.63, 3.8) is 0 Å². The highest BCUT2D eigenvalue weighted by Crippen LogP contribution is 2.16. The monoisotopic (exact) mass is 258 g/mol. The molecule has 0 heterocycles. The van der Waals surface area contributed by atoms with Crippen LogP contribution in [-0.2, 0) is 0 Å². The average Bonchev–Trinajstić information content (AvgIpc) is 2.03. The van der Waals surface area contributed by atoms with Crippen molar-refractivity contribution in [1.29, 1.82) is 0 Å². The Morgan fingerprint density at radius 3 is 2.69 bits per heavy atom. The zero-order valence-corrected chi connectivity index (χ0v) is 10.0. The third-order valence-electron chi connectivity index (χ3n) is 1.64. The van der Waals surface area contributed by atoms with Crippen LogP contribution in [0, 0.1) is 6.92 Å². The van der Waals surface area contributed by atoms with Gasteiger partial charge in [-0.15, -0.1) is 0 Å². The number of hydrogen-bond donors (Lipinski definition) is 0. The van der Waals surface area contributed by atoms with Gasteiger partial charge < -0.3 is 0 Å². The molecule has 0 radical (unpaired) electrons. The summed E-state index contributed by atoms with van der Waals surface area (Å²) in [5.41, 5.74) is 1.90. The molecule has 1 aromatic carbocycles. The van der Waals surface area contributed by atoms with Crippen LogP contribution < -0.4 is 0 Å². The molecule has 0 N–H and O–H groups in total. The fourth-order valence-corrected chi connectivity index (χ4v) is 2.15. The van der Waals surface area contributed by atoms with Gasteiger partial charge in [0.25, 0.3) is 0 Å². The van der Waals surface area contributed by atoms with Crippen molar-refractivity contribution < 1.29 is 4.79 Å². The summed E-state index contributed by atoms with van der Waals surface area (Å²) in [4.78, 5) is 11.5. The maximum absolute atomic E-state index is 11.5. The highest BCUT2D eigenvalue weighted by atomic mass is 79.9. The molecule has 0 spiro atoms. The van der Waals surface area contributed by atoms with E-state index < -0.39 is 0 Å². The van der Waals surface area contributed by atoms with Crippen LogP contribution >= 0.6 is 27.7 Å². The van der Waals surface area contributed by atoms with E-state index in [0.29, 0.717) is 5.75 Å². The molecule has 0 aliphatic carbocycles. The molecule has 0 aliphatic heterocycles. The average molecular weight is 259 g/mol. The summed E-state index contributed by atoms with van der Waals surface area (Å²) < 4.78 is 0.969. The molecule has 70 valence electrons. The van der Waals surface area contributed by atoms with Gasteiger partial charge in [0.2, 0.25) is 0 Å². The normalized spacial score (nSPS) is 10.1. The largest absolute Gasteiger partial charge is 0.293 e. The Labute approximate surface area is 91.0 Å². The number of benzene rings is 1. The first-order valence-electron chi connectivity index (χ1n) is 3.93. The van der Waals surface area contributed by atoms with E-state index >= 15 is 0 Å². The number of rotatable bonds is 3. The second kappa shape index (κ2) is 4.82. The van der Waals surface area contributed by atoms with E-state index in [1.54, 1.807) is 11.8 Å². The molecule has 1 nitrogen and oxygen atoms in total. The van der Waals surface area contributed by atoms with Crippen LogP contribution in [0.3, 0.4) is 0 Å². The van der Waals surface area contributed by atoms with Crippen LogP contribution in [0.2, 0.25) is 0 Å². The first-order valence-corrected chi connectivity index (χ1v) is 6.11. The Morgan fingerprint density at radius 1 is 1.46 bits per heavy atom.